The molecule has 3 aromatic rings. The first-order valence-electron chi connectivity index (χ1n) is 12.5. The third-order valence-corrected chi connectivity index (χ3v) is 9.57. The summed E-state index contributed by atoms with van der Waals surface area (Å²) in [6.07, 6.45) is 5.82. The molecule has 1 fully saturated rings. The van der Waals surface area contributed by atoms with Gasteiger partial charge in [0.15, 0.2) is 5.69 Å². The Morgan fingerprint density at radius 2 is 1.97 bits per heavy atom. The second kappa shape index (κ2) is 10.2. The number of nitrogens with zero attached hydrogens (tertiary/aromatic N) is 6. The van der Waals surface area contributed by atoms with Crippen molar-refractivity contribution in [3.05, 3.63) is 76.6 Å². The van der Waals surface area contributed by atoms with Gasteiger partial charge in [-0.3, -0.25) is 24.2 Å². The molecule has 0 saturated heterocycles. The van der Waals surface area contributed by atoms with Crippen molar-refractivity contribution in [2.75, 3.05) is 13.1 Å². The van der Waals surface area contributed by atoms with E-state index in [1.165, 1.54) is 23.3 Å². The van der Waals surface area contributed by atoms with Gasteiger partial charge in [0.05, 0.1) is 23.4 Å². The first-order valence-corrected chi connectivity index (χ1v) is 14.0. The summed E-state index contributed by atoms with van der Waals surface area (Å²) >= 11 is 0. The number of fused-ring (bicyclic) bond motifs is 1. The van der Waals surface area contributed by atoms with Crippen molar-refractivity contribution in [2.45, 2.75) is 43.5 Å². The lowest BCUT2D eigenvalue weighted by atomic mass is 10.0. The lowest BCUT2D eigenvalue weighted by Gasteiger charge is -2.31. The van der Waals surface area contributed by atoms with E-state index in [9.17, 15) is 18.0 Å². The minimum Gasteiger partial charge on any atom is -0.347 e. The molecule has 1 unspecified atom stereocenters. The summed E-state index contributed by atoms with van der Waals surface area (Å²) < 4.78 is 29.7. The molecule has 0 bridgehead atoms. The number of hydrogen-bond acceptors (Lipinski definition) is 8. The highest BCUT2D eigenvalue weighted by Crippen LogP contribution is 2.45. The van der Waals surface area contributed by atoms with E-state index in [-0.39, 0.29) is 31.2 Å². The Balaban J connectivity index is 1.27. The summed E-state index contributed by atoms with van der Waals surface area (Å²) in [5, 5.41) is 16.1. The monoisotopic (exact) mass is 548 g/mol. The standard InChI is InChI=1S/C26H28N8O4S/c1-17(21-15-28-10-11-29-21)32-39(37,38)26(8-9-26)16-34-12-7-20-22(31-33(2)23(20)25(34)36)24(35)30-14-19-5-3-18(13-27)4-6-19/h3-6,10-11,15,17,32H,7-9,12,14,16H2,1-2H3,(H,30,35). The smallest absolute Gasteiger partial charge is 0.272 e. The van der Waals surface area contributed by atoms with Crippen molar-refractivity contribution < 1.29 is 18.0 Å². The van der Waals surface area contributed by atoms with E-state index in [1.807, 2.05) is 0 Å². The molecule has 0 radical (unpaired) electrons. The third kappa shape index (κ3) is 5.13. The number of amides is 2. The lowest BCUT2D eigenvalue weighted by molar-refractivity contribution is 0.0724. The minimum absolute atomic E-state index is 0.0548. The summed E-state index contributed by atoms with van der Waals surface area (Å²) in [6, 6.07) is 8.37. The number of carbonyl (C=O) groups is 2. The van der Waals surface area contributed by atoms with Gasteiger partial charge in [-0.15, -0.1) is 0 Å². The number of sulfonamides is 1. The van der Waals surface area contributed by atoms with Crippen LogP contribution in [-0.4, -0.2) is 62.7 Å². The maximum Gasteiger partial charge on any atom is 0.272 e. The molecule has 5 rings (SSSR count). The van der Waals surface area contributed by atoms with Gasteiger partial charge in [0.2, 0.25) is 10.0 Å². The van der Waals surface area contributed by atoms with Crippen LogP contribution in [0.1, 0.15) is 69.2 Å². The highest BCUT2D eigenvalue weighted by molar-refractivity contribution is 7.91. The van der Waals surface area contributed by atoms with Gasteiger partial charge in [0.1, 0.15) is 10.4 Å². The van der Waals surface area contributed by atoms with Gasteiger partial charge < -0.3 is 10.2 Å². The third-order valence-electron chi connectivity index (χ3n) is 7.23. The zero-order valence-electron chi connectivity index (χ0n) is 21.6. The van der Waals surface area contributed by atoms with Gasteiger partial charge in [0, 0.05) is 50.8 Å². The second-order valence-corrected chi connectivity index (χ2v) is 12.0. The van der Waals surface area contributed by atoms with Crippen LogP contribution in [0.25, 0.3) is 0 Å². The summed E-state index contributed by atoms with van der Waals surface area (Å²) in [4.78, 5) is 36.1. The van der Waals surface area contributed by atoms with Crippen LogP contribution in [0.4, 0.5) is 0 Å². The number of nitriles is 1. The van der Waals surface area contributed by atoms with Crippen LogP contribution in [0.15, 0.2) is 42.9 Å². The van der Waals surface area contributed by atoms with Crippen LogP contribution in [0.3, 0.4) is 0 Å². The first-order chi connectivity index (χ1) is 18.6. The van der Waals surface area contributed by atoms with Crippen LogP contribution in [0.5, 0.6) is 0 Å². The predicted molar refractivity (Wildman–Crippen MR) is 140 cm³/mol. The van der Waals surface area contributed by atoms with Crippen LogP contribution >= 0.6 is 0 Å². The molecule has 2 aliphatic rings. The number of hydrogen-bond donors (Lipinski definition) is 2. The van der Waals surface area contributed by atoms with Gasteiger partial charge in [-0.2, -0.15) is 10.4 Å². The number of rotatable bonds is 9. The normalized spacial score (nSPS) is 16.7. The molecule has 202 valence electrons. The van der Waals surface area contributed by atoms with E-state index in [1.54, 1.807) is 43.1 Å². The van der Waals surface area contributed by atoms with Gasteiger partial charge in [-0.25, -0.2) is 13.1 Å². The molecule has 0 spiro atoms. The maximum absolute atomic E-state index is 13.5. The highest BCUT2D eigenvalue weighted by atomic mass is 32.2. The average Bonchev–Trinajstić information content (AvgIpc) is 3.66. The summed E-state index contributed by atoms with van der Waals surface area (Å²) in [7, 11) is -2.17. The summed E-state index contributed by atoms with van der Waals surface area (Å²) in [5.74, 6) is -0.748. The predicted octanol–water partition coefficient (Wildman–Crippen LogP) is 1.22. The van der Waals surface area contributed by atoms with Crippen molar-refractivity contribution in [2.24, 2.45) is 7.05 Å². The van der Waals surface area contributed by atoms with E-state index in [4.69, 9.17) is 5.26 Å². The Bertz CT molecular complexity index is 1560. The van der Waals surface area contributed by atoms with E-state index in [2.05, 4.69) is 31.2 Å². The van der Waals surface area contributed by atoms with E-state index < -0.39 is 26.7 Å². The van der Waals surface area contributed by atoms with Crippen LogP contribution in [0.2, 0.25) is 0 Å². The number of aromatic nitrogens is 4. The SMILES string of the molecule is CC(NS(=O)(=O)C1(CN2CCc3c(C(=O)NCc4ccc(C#N)cc4)nn(C)c3C2=O)CC1)c1cnccn1. The quantitative estimate of drug-likeness (QED) is 0.403. The zero-order valence-corrected chi connectivity index (χ0v) is 22.4. The average molecular weight is 549 g/mol. The van der Waals surface area contributed by atoms with Gasteiger partial charge >= 0.3 is 0 Å². The molecule has 1 aromatic carbocycles. The fraction of sp³-hybridized carbons (Fsp3) is 0.385. The van der Waals surface area contributed by atoms with Crippen LogP contribution in [-0.2, 0) is 30.0 Å². The van der Waals surface area contributed by atoms with E-state index >= 15 is 0 Å². The minimum atomic E-state index is -3.77. The molecule has 3 heterocycles. The number of aryl methyl sites for hydroxylation is 1. The van der Waals surface area contributed by atoms with Crippen molar-refractivity contribution in [3.8, 4) is 6.07 Å². The molecular formula is C26H28N8O4S. The molecule has 39 heavy (non-hydrogen) atoms. The number of carbonyl (C=O) groups excluding carboxylic acids is 2. The van der Waals surface area contributed by atoms with Crippen molar-refractivity contribution in [1.29, 1.82) is 5.26 Å². The molecular weight excluding hydrogens is 520 g/mol. The molecule has 1 saturated carbocycles. The van der Waals surface area contributed by atoms with Crippen LogP contribution in [0, 0.1) is 11.3 Å². The summed E-state index contributed by atoms with van der Waals surface area (Å²) in [5.41, 5.74) is 2.89. The van der Waals surface area contributed by atoms with Gasteiger partial charge in [-0.1, -0.05) is 12.1 Å². The van der Waals surface area contributed by atoms with Crippen molar-refractivity contribution >= 4 is 21.8 Å². The fourth-order valence-corrected chi connectivity index (χ4v) is 6.62. The van der Waals surface area contributed by atoms with Crippen LogP contribution < -0.4 is 10.0 Å². The van der Waals surface area contributed by atoms with Gasteiger partial charge in [0.25, 0.3) is 11.8 Å². The van der Waals surface area contributed by atoms with E-state index in [0.29, 0.717) is 41.8 Å². The molecule has 1 atom stereocenters. The lowest BCUT2D eigenvalue weighted by Crippen LogP contribution is -2.49. The molecule has 2 amide bonds. The Morgan fingerprint density at radius 1 is 1.23 bits per heavy atom. The first kappa shape index (κ1) is 26.5. The Hall–Kier alpha value is -4.15. The Labute approximate surface area is 226 Å². The largest absolute Gasteiger partial charge is 0.347 e. The molecule has 12 nitrogen and oxygen atoms in total. The van der Waals surface area contributed by atoms with Gasteiger partial charge in [-0.05, 0) is 43.9 Å². The van der Waals surface area contributed by atoms with Crippen molar-refractivity contribution in [3.63, 3.8) is 0 Å². The number of benzene rings is 1. The summed E-state index contributed by atoms with van der Waals surface area (Å²) in [6.45, 7) is 2.29. The molecule has 1 aliphatic heterocycles. The highest BCUT2D eigenvalue weighted by Gasteiger charge is 2.56. The molecule has 2 N–H and O–H groups in total. The molecule has 1 aliphatic carbocycles. The zero-order chi connectivity index (χ0) is 27.8. The topological polar surface area (TPSA) is 163 Å². The second-order valence-electron chi connectivity index (χ2n) is 9.92. The Kier molecular flexibility index (Phi) is 6.92. The maximum atomic E-state index is 13.5. The molecule has 2 aromatic heterocycles. The Morgan fingerprint density at radius 3 is 2.62 bits per heavy atom. The molecule has 13 heteroatoms. The van der Waals surface area contributed by atoms with E-state index in [0.717, 1.165) is 5.56 Å². The fourth-order valence-electron chi connectivity index (χ4n) is 4.82. The number of nitrogens with one attached hydrogen (secondary N) is 2. The van der Waals surface area contributed by atoms with Crippen molar-refractivity contribution in [1.82, 2.24) is 34.7 Å².